The number of hydrogen-bond donors (Lipinski definition) is 1. The molecule has 0 spiro atoms. The Bertz CT molecular complexity index is 447. The van der Waals surface area contributed by atoms with E-state index in [-0.39, 0.29) is 5.91 Å². The summed E-state index contributed by atoms with van der Waals surface area (Å²) < 4.78 is 5.51. The van der Waals surface area contributed by atoms with Crippen molar-refractivity contribution >= 4 is 17.3 Å². The monoisotopic (exact) mass is 279 g/mol. The van der Waals surface area contributed by atoms with Gasteiger partial charge in [0.2, 0.25) is 5.91 Å². The number of carbonyl (C=O) groups excluding carboxylic acids is 1. The Hall–Kier alpha value is -1.91. The molecule has 0 saturated carbocycles. The molecule has 0 bridgehead atoms. The van der Waals surface area contributed by atoms with Crippen LogP contribution in [0.15, 0.2) is 18.2 Å². The lowest BCUT2D eigenvalue weighted by atomic mass is 10.2. The summed E-state index contributed by atoms with van der Waals surface area (Å²) in [5.41, 5.74) is 7.46. The van der Waals surface area contributed by atoms with Crippen LogP contribution in [0, 0.1) is 0 Å². The summed E-state index contributed by atoms with van der Waals surface area (Å²) in [5.74, 6) is 0.747. The molecule has 1 rings (SSSR count). The van der Waals surface area contributed by atoms with E-state index in [9.17, 15) is 4.79 Å². The van der Waals surface area contributed by atoms with Crippen molar-refractivity contribution in [2.45, 2.75) is 20.3 Å². The lowest BCUT2D eigenvalue weighted by Crippen LogP contribution is -2.37. The van der Waals surface area contributed by atoms with Gasteiger partial charge < -0.3 is 20.3 Å². The van der Waals surface area contributed by atoms with Crippen molar-refractivity contribution in [2.75, 3.05) is 44.4 Å². The number of nitrogens with two attached hydrogens (primary N) is 1. The third kappa shape index (κ3) is 4.33. The number of hydrogen-bond acceptors (Lipinski definition) is 4. The van der Waals surface area contributed by atoms with Gasteiger partial charge >= 0.3 is 0 Å². The van der Waals surface area contributed by atoms with E-state index in [1.165, 1.54) is 0 Å². The van der Waals surface area contributed by atoms with E-state index in [0.29, 0.717) is 24.6 Å². The molecule has 2 N–H and O–H groups in total. The molecule has 1 aromatic rings. The zero-order chi connectivity index (χ0) is 15.1. The van der Waals surface area contributed by atoms with Gasteiger partial charge in [0.15, 0.2) is 0 Å². The fourth-order valence-electron chi connectivity index (χ4n) is 1.87. The summed E-state index contributed by atoms with van der Waals surface area (Å²) in [6, 6.07) is 5.65. The van der Waals surface area contributed by atoms with Crippen LogP contribution in [0.25, 0.3) is 0 Å². The number of nitrogens with zero attached hydrogens (tertiary/aromatic N) is 2. The van der Waals surface area contributed by atoms with Gasteiger partial charge in [0, 0.05) is 32.4 Å². The minimum Gasteiger partial charge on any atom is -0.492 e. The van der Waals surface area contributed by atoms with E-state index in [0.717, 1.165) is 18.7 Å². The van der Waals surface area contributed by atoms with Crippen molar-refractivity contribution in [1.29, 1.82) is 0 Å². The molecule has 20 heavy (non-hydrogen) atoms. The second kappa shape index (κ2) is 7.62. The molecule has 1 amide bonds. The molecule has 0 aromatic heterocycles. The Morgan fingerprint density at radius 3 is 2.55 bits per heavy atom. The summed E-state index contributed by atoms with van der Waals surface area (Å²) in [4.78, 5) is 15.6. The van der Waals surface area contributed by atoms with E-state index in [2.05, 4.69) is 6.92 Å². The summed E-state index contributed by atoms with van der Waals surface area (Å²) in [6.45, 7) is 5.75. The SMILES string of the molecule is CCCN(CC(=O)N(C)C)c1ccc(N)c(OCC)c1. The fraction of sp³-hybridized carbons (Fsp3) is 0.533. The van der Waals surface area contributed by atoms with Gasteiger partial charge in [-0.05, 0) is 25.5 Å². The molecular weight excluding hydrogens is 254 g/mol. The number of benzene rings is 1. The number of likely N-dealkylation sites (N-methyl/N-ethyl adjacent to an activating group) is 1. The lowest BCUT2D eigenvalue weighted by Gasteiger charge is -2.26. The highest BCUT2D eigenvalue weighted by Gasteiger charge is 2.14. The molecular formula is C15H25N3O2. The largest absolute Gasteiger partial charge is 0.492 e. The highest BCUT2D eigenvalue weighted by Crippen LogP contribution is 2.28. The molecule has 0 heterocycles. The van der Waals surface area contributed by atoms with Crippen LogP contribution in [0.4, 0.5) is 11.4 Å². The third-order valence-corrected chi connectivity index (χ3v) is 2.98. The highest BCUT2D eigenvalue weighted by molar-refractivity contribution is 5.81. The molecule has 0 aliphatic heterocycles. The summed E-state index contributed by atoms with van der Waals surface area (Å²) in [5, 5.41) is 0. The maximum Gasteiger partial charge on any atom is 0.241 e. The van der Waals surface area contributed by atoms with Crippen molar-refractivity contribution in [3.05, 3.63) is 18.2 Å². The zero-order valence-electron chi connectivity index (χ0n) is 12.8. The third-order valence-electron chi connectivity index (χ3n) is 2.98. The second-order valence-electron chi connectivity index (χ2n) is 4.86. The quantitative estimate of drug-likeness (QED) is 0.775. The number of amides is 1. The predicted octanol–water partition coefficient (Wildman–Crippen LogP) is 1.97. The minimum absolute atomic E-state index is 0.0771. The molecule has 0 radical (unpaired) electrons. The van der Waals surface area contributed by atoms with Crippen LogP contribution in [0.5, 0.6) is 5.75 Å². The second-order valence-corrected chi connectivity index (χ2v) is 4.86. The van der Waals surface area contributed by atoms with Gasteiger partial charge in [-0.25, -0.2) is 0 Å². The van der Waals surface area contributed by atoms with Gasteiger partial charge in [0.1, 0.15) is 5.75 Å². The van der Waals surface area contributed by atoms with Gasteiger partial charge in [-0.3, -0.25) is 4.79 Å². The van der Waals surface area contributed by atoms with Crippen molar-refractivity contribution in [2.24, 2.45) is 0 Å². The van der Waals surface area contributed by atoms with Crippen molar-refractivity contribution < 1.29 is 9.53 Å². The standard InChI is InChI=1S/C15H25N3O2/c1-5-9-18(11-15(19)17(3)4)12-7-8-13(16)14(10-12)20-6-2/h7-8,10H,5-6,9,11,16H2,1-4H3. The number of ether oxygens (including phenoxy) is 1. The van der Waals surface area contributed by atoms with Gasteiger partial charge in [-0.15, -0.1) is 0 Å². The maximum atomic E-state index is 11.9. The van der Waals surface area contributed by atoms with Gasteiger partial charge in [0.05, 0.1) is 18.8 Å². The smallest absolute Gasteiger partial charge is 0.241 e. The first kappa shape index (κ1) is 16.1. The minimum atomic E-state index is 0.0771. The van der Waals surface area contributed by atoms with Crippen molar-refractivity contribution in [3.63, 3.8) is 0 Å². The Kier molecular flexibility index (Phi) is 6.15. The number of rotatable bonds is 7. The van der Waals surface area contributed by atoms with E-state index in [4.69, 9.17) is 10.5 Å². The Morgan fingerprint density at radius 1 is 1.30 bits per heavy atom. The molecule has 5 nitrogen and oxygen atoms in total. The molecule has 1 aromatic carbocycles. The molecule has 5 heteroatoms. The van der Waals surface area contributed by atoms with Crippen molar-refractivity contribution in [1.82, 2.24) is 4.90 Å². The fourth-order valence-corrected chi connectivity index (χ4v) is 1.87. The van der Waals surface area contributed by atoms with Crippen LogP contribution < -0.4 is 15.4 Å². The Labute approximate surface area is 121 Å². The van der Waals surface area contributed by atoms with Crippen LogP contribution >= 0.6 is 0 Å². The maximum absolute atomic E-state index is 11.9. The Morgan fingerprint density at radius 2 is 2.00 bits per heavy atom. The molecule has 112 valence electrons. The molecule has 0 atom stereocenters. The molecule has 0 saturated heterocycles. The van der Waals surface area contributed by atoms with Crippen LogP contribution in [-0.2, 0) is 4.79 Å². The normalized spacial score (nSPS) is 10.2. The molecule has 0 unspecified atom stereocenters. The summed E-state index contributed by atoms with van der Waals surface area (Å²) in [7, 11) is 3.53. The number of carbonyl (C=O) groups is 1. The van der Waals surface area contributed by atoms with Crippen molar-refractivity contribution in [3.8, 4) is 5.75 Å². The predicted molar refractivity (Wildman–Crippen MR) is 83.2 cm³/mol. The molecule has 0 aliphatic carbocycles. The van der Waals surface area contributed by atoms with E-state index < -0.39 is 0 Å². The van der Waals surface area contributed by atoms with Gasteiger partial charge in [-0.1, -0.05) is 6.92 Å². The van der Waals surface area contributed by atoms with Crippen LogP contribution in [0.3, 0.4) is 0 Å². The number of anilines is 2. The van der Waals surface area contributed by atoms with Crippen LogP contribution in [0.1, 0.15) is 20.3 Å². The Balaban J connectivity index is 2.96. The van der Waals surface area contributed by atoms with E-state index in [1.807, 2.05) is 30.0 Å². The first-order chi connectivity index (χ1) is 9.49. The number of nitrogen functional groups attached to an aromatic ring is 1. The molecule has 0 aliphatic rings. The summed E-state index contributed by atoms with van der Waals surface area (Å²) in [6.07, 6.45) is 0.967. The average molecular weight is 279 g/mol. The van der Waals surface area contributed by atoms with E-state index in [1.54, 1.807) is 19.0 Å². The van der Waals surface area contributed by atoms with Crippen LogP contribution in [0.2, 0.25) is 0 Å². The van der Waals surface area contributed by atoms with Gasteiger partial charge in [-0.2, -0.15) is 0 Å². The zero-order valence-corrected chi connectivity index (χ0v) is 12.8. The van der Waals surface area contributed by atoms with E-state index >= 15 is 0 Å². The lowest BCUT2D eigenvalue weighted by molar-refractivity contribution is -0.127. The topological polar surface area (TPSA) is 58.8 Å². The summed E-state index contributed by atoms with van der Waals surface area (Å²) >= 11 is 0. The molecule has 0 fully saturated rings. The first-order valence-electron chi connectivity index (χ1n) is 6.97. The van der Waals surface area contributed by atoms with Gasteiger partial charge in [0.25, 0.3) is 0 Å². The van der Waals surface area contributed by atoms with Crippen LogP contribution in [-0.4, -0.2) is 44.6 Å². The highest BCUT2D eigenvalue weighted by atomic mass is 16.5. The first-order valence-corrected chi connectivity index (χ1v) is 6.97. The average Bonchev–Trinajstić information content (AvgIpc) is 2.41.